The fraction of sp³-hybridized carbons (Fsp3) is 0.192. The Labute approximate surface area is 192 Å². The van der Waals surface area contributed by atoms with Crippen molar-refractivity contribution in [1.29, 1.82) is 0 Å². The molecule has 0 fully saturated rings. The van der Waals surface area contributed by atoms with E-state index >= 15 is 0 Å². The summed E-state index contributed by atoms with van der Waals surface area (Å²) < 4.78 is 5.29. The molecule has 0 radical (unpaired) electrons. The molecule has 1 atom stereocenters. The van der Waals surface area contributed by atoms with E-state index in [0.29, 0.717) is 23.0 Å². The molecule has 2 amide bonds. The van der Waals surface area contributed by atoms with E-state index in [1.165, 1.54) is 11.1 Å². The molecule has 2 N–H and O–H groups in total. The van der Waals surface area contributed by atoms with Crippen molar-refractivity contribution >= 4 is 34.2 Å². The predicted octanol–water partition coefficient (Wildman–Crippen LogP) is 6.32. The lowest BCUT2D eigenvalue weighted by atomic mass is 9.92. The van der Waals surface area contributed by atoms with Gasteiger partial charge in [0.25, 0.3) is 0 Å². The number of halogens is 1. The van der Waals surface area contributed by atoms with Crippen LogP contribution in [-0.2, 0) is 6.42 Å². The van der Waals surface area contributed by atoms with Gasteiger partial charge in [-0.3, -0.25) is 0 Å². The van der Waals surface area contributed by atoms with Crippen LogP contribution in [0.4, 0.5) is 10.5 Å². The number of aryl methyl sites for hydroxylation is 1. The Balaban J connectivity index is 1.56. The van der Waals surface area contributed by atoms with Gasteiger partial charge in [-0.05, 0) is 54.8 Å². The molecule has 1 aliphatic heterocycles. The molecule has 1 unspecified atom stereocenters. The first-order chi connectivity index (χ1) is 15.5. The van der Waals surface area contributed by atoms with Crippen LogP contribution in [0.3, 0.4) is 0 Å². The summed E-state index contributed by atoms with van der Waals surface area (Å²) in [7, 11) is 1.61. The van der Waals surface area contributed by atoms with Gasteiger partial charge in [0, 0.05) is 39.9 Å². The van der Waals surface area contributed by atoms with E-state index in [-0.39, 0.29) is 12.1 Å². The summed E-state index contributed by atoms with van der Waals surface area (Å²) in [6.07, 6.45) is 0.754. The van der Waals surface area contributed by atoms with Gasteiger partial charge >= 0.3 is 6.03 Å². The first kappa shape index (κ1) is 20.5. The van der Waals surface area contributed by atoms with E-state index in [2.05, 4.69) is 41.5 Å². The fourth-order valence-corrected chi connectivity index (χ4v) is 4.64. The van der Waals surface area contributed by atoms with Crippen LogP contribution >= 0.6 is 11.6 Å². The maximum Gasteiger partial charge on any atom is 0.322 e. The maximum absolute atomic E-state index is 13.4. The number of anilines is 1. The Morgan fingerprint density at radius 1 is 1.12 bits per heavy atom. The molecule has 0 spiro atoms. The highest BCUT2D eigenvalue weighted by Gasteiger charge is 2.34. The topological polar surface area (TPSA) is 57.4 Å². The number of nitrogens with zero attached hydrogens (tertiary/aromatic N) is 1. The van der Waals surface area contributed by atoms with Gasteiger partial charge in [-0.1, -0.05) is 47.5 Å². The lowest BCUT2D eigenvalue weighted by Gasteiger charge is -2.36. The van der Waals surface area contributed by atoms with Crippen molar-refractivity contribution in [1.82, 2.24) is 9.88 Å². The number of aromatic nitrogens is 1. The largest absolute Gasteiger partial charge is 0.497 e. The number of rotatable bonds is 3. The number of hydrogen-bond acceptors (Lipinski definition) is 2. The maximum atomic E-state index is 13.4. The van der Waals surface area contributed by atoms with Crippen molar-refractivity contribution in [2.75, 3.05) is 19.0 Å². The van der Waals surface area contributed by atoms with Crippen LogP contribution in [0.2, 0.25) is 5.02 Å². The van der Waals surface area contributed by atoms with Gasteiger partial charge in [-0.2, -0.15) is 0 Å². The molecular weight excluding hydrogens is 422 g/mol. The van der Waals surface area contributed by atoms with Crippen molar-refractivity contribution in [3.05, 3.63) is 94.1 Å². The van der Waals surface area contributed by atoms with E-state index in [9.17, 15) is 4.79 Å². The Morgan fingerprint density at radius 3 is 2.72 bits per heavy atom. The smallest absolute Gasteiger partial charge is 0.322 e. The predicted molar refractivity (Wildman–Crippen MR) is 129 cm³/mol. The number of amides is 2. The number of urea groups is 1. The average molecular weight is 446 g/mol. The first-order valence-corrected chi connectivity index (χ1v) is 11.0. The Morgan fingerprint density at radius 2 is 1.94 bits per heavy atom. The van der Waals surface area contributed by atoms with E-state index in [1.54, 1.807) is 7.11 Å². The van der Waals surface area contributed by atoms with Crippen LogP contribution in [0, 0.1) is 6.92 Å². The molecule has 1 aliphatic rings. The van der Waals surface area contributed by atoms with Gasteiger partial charge in [0.1, 0.15) is 5.75 Å². The Hall–Kier alpha value is -3.44. The number of carbonyl (C=O) groups excluding carboxylic acids is 1. The number of benzene rings is 3. The minimum absolute atomic E-state index is 0.147. The number of hydrogen-bond donors (Lipinski definition) is 2. The third-order valence-corrected chi connectivity index (χ3v) is 6.30. The number of aromatic amines is 1. The molecule has 4 aromatic rings. The quantitative estimate of drug-likeness (QED) is 0.387. The second-order valence-corrected chi connectivity index (χ2v) is 8.56. The summed E-state index contributed by atoms with van der Waals surface area (Å²) in [6.45, 7) is 2.66. The van der Waals surface area contributed by atoms with Crippen LogP contribution in [0.25, 0.3) is 10.9 Å². The molecule has 5 rings (SSSR count). The second-order valence-electron chi connectivity index (χ2n) is 8.13. The zero-order chi connectivity index (χ0) is 22.2. The molecule has 0 saturated heterocycles. The van der Waals surface area contributed by atoms with E-state index in [4.69, 9.17) is 16.3 Å². The second kappa shape index (κ2) is 8.24. The summed E-state index contributed by atoms with van der Waals surface area (Å²) in [4.78, 5) is 18.9. The SMILES string of the molecule is COc1cccc(NC(=O)N2CCc3c([nH]c4ccc(Cl)cc34)C2c2ccc(C)cc2)c1. The van der Waals surface area contributed by atoms with Crippen molar-refractivity contribution in [3.63, 3.8) is 0 Å². The molecular formula is C26H24ClN3O2. The van der Waals surface area contributed by atoms with Crippen molar-refractivity contribution < 1.29 is 9.53 Å². The normalized spacial score (nSPS) is 15.5. The third-order valence-electron chi connectivity index (χ3n) is 6.06. The van der Waals surface area contributed by atoms with E-state index < -0.39 is 0 Å². The van der Waals surface area contributed by atoms with Crippen LogP contribution in [0.1, 0.15) is 28.4 Å². The molecule has 6 heteroatoms. The van der Waals surface area contributed by atoms with Gasteiger partial charge in [0.15, 0.2) is 0 Å². The molecule has 5 nitrogen and oxygen atoms in total. The molecule has 0 aliphatic carbocycles. The number of methoxy groups -OCH3 is 1. The number of carbonyl (C=O) groups is 1. The highest BCUT2D eigenvalue weighted by atomic mass is 35.5. The van der Waals surface area contributed by atoms with Crippen LogP contribution in [0.5, 0.6) is 5.75 Å². The zero-order valence-electron chi connectivity index (χ0n) is 18.0. The van der Waals surface area contributed by atoms with Gasteiger partial charge in [0.2, 0.25) is 0 Å². The summed E-state index contributed by atoms with van der Waals surface area (Å²) >= 11 is 6.28. The third kappa shape index (κ3) is 3.69. The van der Waals surface area contributed by atoms with Crippen molar-refractivity contribution in [2.45, 2.75) is 19.4 Å². The number of H-pyrrole nitrogens is 1. The summed E-state index contributed by atoms with van der Waals surface area (Å²) in [5.41, 5.74) is 6.24. The molecule has 0 saturated carbocycles. The molecule has 1 aromatic heterocycles. The number of fused-ring (bicyclic) bond motifs is 3. The zero-order valence-corrected chi connectivity index (χ0v) is 18.7. The average Bonchev–Trinajstić information content (AvgIpc) is 3.17. The number of nitrogens with one attached hydrogen (secondary N) is 2. The summed E-state index contributed by atoms with van der Waals surface area (Å²) in [5.74, 6) is 0.700. The minimum Gasteiger partial charge on any atom is -0.497 e. The standard InChI is InChI=1S/C26H24ClN3O2/c1-16-6-8-17(9-7-16)25-24-21(22-14-18(27)10-11-23(22)29-24)12-13-30(25)26(31)28-19-4-3-5-20(15-19)32-2/h3-11,14-15,25,29H,12-13H2,1-2H3,(H,28,31). The lowest BCUT2D eigenvalue weighted by molar-refractivity contribution is 0.193. The van der Waals surface area contributed by atoms with Crippen molar-refractivity contribution in [3.8, 4) is 5.75 Å². The minimum atomic E-state index is -0.226. The monoisotopic (exact) mass is 445 g/mol. The van der Waals surface area contributed by atoms with Crippen LogP contribution < -0.4 is 10.1 Å². The van der Waals surface area contributed by atoms with Gasteiger partial charge in [-0.25, -0.2) is 4.79 Å². The Kier molecular flexibility index (Phi) is 5.27. The highest BCUT2D eigenvalue weighted by molar-refractivity contribution is 6.31. The lowest BCUT2D eigenvalue weighted by Crippen LogP contribution is -2.43. The van der Waals surface area contributed by atoms with Gasteiger partial charge in [0.05, 0.1) is 13.2 Å². The number of ether oxygens (including phenoxy) is 1. The van der Waals surface area contributed by atoms with Crippen molar-refractivity contribution in [2.24, 2.45) is 0 Å². The summed E-state index contributed by atoms with van der Waals surface area (Å²) in [5, 5.41) is 4.88. The Bertz CT molecular complexity index is 1300. The molecule has 3 aromatic carbocycles. The van der Waals surface area contributed by atoms with Gasteiger partial charge in [-0.15, -0.1) is 0 Å². The summed E-state index contributed by atoms with van der Waals surface area (Å²) in [6, 6.07) is 21.3. The van der Waals surface area contributed by atoms with E-state index in [0.717, 1.165) is 28.6 Å². The van der Waals surface area contributed by atoms with Crippen LogP contribution in [0.15, 0.2) is 66.7 Å². The molecule has 162 valence electrons. The van der Waals surface area contributed by atoms with E-state index in [1.807, 2.05) is 47.4 Å². The van der Waals surface area contributed by atoms with Gasteiger partial charge < -0.3 is 19.9 Å². The molecule has 2 heterocycles. The first-order valence-electron chi connectivity index (χ1n) is 10.6. The van der Waals surface area contributed by atoms with Crippen LogP contribution in [-0.4, -0.2) is 29.6 Å². The fourth-order valence-electron chi connectivity index (χ4n) is 4.47. The highest BCUT2D eigenvalue weighted by Crippen LogP contribution is 2.39. The molecule has 32 heavy (non-hydrogen) atoms. The molecule has 0 bridgehead atoms.